The molecule has 0 saturated heterocycles. The SMILES string of the molecule is CCc1nn(C)c2c1nc(CCl)n2C(CC)c1nccs1. The first-order valence-corrected chi connectivity index (χ1v) is 8.50. The fourth-order valence-electron chi connectivity index (χ4n) is 2.77. The lowest BCUT2D eigenvalue weighted by Gasteiger charge is -2.17. The van der Waals surface area contributed by atoms with Crippen LogP contribution in [0.25, 0.3) is 11.2 Å². The van der Waals surface area contributed by atoms with Crippen LogP contribution in [0.15, 0.2) is 11.6 Å². The molecule has 3 aromatic heterocycles. The summed E-state index contributed by atoms with van der Waals surface area (Å²) in [7, 11) is 1.96. The quantitative estimate of drug-likeness (QED) is 0.675. The van der Waals surface area contributed by atoms with E-state index in [-0.39, 0.29) is 6.04 Å². The topological polar surface area (TPSA) is 48.5 Å². The van der Waals surface area contributed by atoms with Gasteiger partial charge in [0.1, 0.15) is 16.3 Å². The largest absolute Gasteiger partial charge is 0.302 e. The van der Waals surface area contributed by atoms with Crippen LogP contribution in [0.5, 0.6) is 0 Å². The zero-order chi connectivity index (χ0) is 15.0. The Kier molecular flexibility index (Phi) is 3.99. The Morgan fingerprint density at radius 2 is 2.19 bits per heavy atom. The van der Waals surface area contributed by atoms with E-state index in [4.69, 9.17) is 16.6 Å². The first-order valence-electron chi connectivity index (χ1n) is 7.09. The number of rotatable bonds is 5. The van der Waals surface area contributed by atoms with Gasteiger partial charge in [-0.25, -0.2) is 9.97 Å². The monoisotopic (exact) mass is 323 g/mol. The van der Waals surface area contributed by atoms with E-state index in [2.05, 4.69) is 28.5 Å². The van der Waals surface area contributed by atoms with Gasteiger partial charge >= 0.3 is 0 Å². The van der Waals surface area contributed by atoms with E-state index >= 15 is 0 Å². The number of thiazole rings is 1. The molecule has 1 unspecified atom stereocenters. The zero-order valence-corrected chi connectivity index (χ0v) is 13.9. The highest BCUT2D eigenvalue weighted by Gasteiger charge is 2.25. The molecule has 1 atom stereocenters. The Hall–Kier alpha value is -1.40. The third kappa shape index (κ3) is 2.26. The van der Waals surface area contributed by atoms with Crippen molar-refractivity contribution in [1.29, 1.82) is 0 Å². The van der Waals surface area contributed by atoms with Gasteiger partial charge < -0.3 is 4.57 Å². The van der Waals surface area contributed by atoms with Gasteiger partial charge in [0.05, 0.1) is 17.6 Å². The van der Waals surface area contributed by atoms with E-state index in [0.29, 0.717) is 5.88 Å². The van der Waals surface area contributed by atoms with Crippen molar-refractivity contribution in [3.05, 3.63) is 28.1 Å². The van der Waals surface area contributed by atoms with Gasteiger partial charge in [-0.3, -0.25) is 4.68 Å². The summed E-state index contributed by atoms with van der Waals surface area (Å²) < 4.78 is 4.11. The second-order valence-electron chi connectivity index (χ2n) is 4.92. The molecule has 3 aromatic rings. The van der Waals surface area contributed by atoms with E-state index < -0.39 is 0 Å². The van der Waals surface area contributed by atoms with E-state index in [0.717, 1.165) is 40.5 Å². The number of imidazole rings is 1. The van der Waals surface area contributed by atoms with Crippen molar-refractivity contribution in [2.45, 2.75) is 38.6 Å². The first kappa shape index (κ1) is 14.5. The molecule has 0 saturated carbocycles. The summed E-state index contributed by atoms with van der Waals surface area (Å²) in [5.74, 6) is 1.27. The van der Waals surface area contributed by atoms with Crippen molar-refractivity contribution < 1.29 is 0 Å². The van der Waals surface area contributed by atoms with Gasteiger partial charge in [-0.1, -0.05) is 13.8 Å². The number of fused-ring (bicyclic) bond motifs is 1. The van der Waals surface area contributed by atoms with E-state index in [1.54, 1.807) is 11.3 Å². The van der Waals surface area contributed by atoms with Crippen molar-refractivity contribution in [1.82, 2.24) is 24.3 Å². The lowest BCUT2D eigenvalue weighted by Crippen LogP contribution is -2.14. The summed E-state index contributed by atoms with van der Waals surface area (Å²) in [5.41, 5.74) is 3.02. The number of hydrogen-bond acceptors (Lipinski definition) is 4. The van der Waals surface area contributed by atoms with E-state index in [1.807, 2.05) is 23.3 Å². The van der Waals surface area contributed by atoms with Crippen LogP contribution in [0.4, 0.5) is 0 Å². The highest BCUT2D eigenvalue weighted by molar-refractivity contribution is 7.09. The predicted molar refractivity (Wildman–Crippen MR) is 86.0 cm³/mol. The molecule has 7 heteroatoms. The molecule has 112 valence electrons. The number of halogens is 1. The van der Waals surface area contributed by atoms with Crippen molar-refractivity contribution in [3.63, 3.8) is 0 Å². The third-order valence-electron chi connectivity index (χ3n) is 3.70. The summed E-state index contributed by atoms with van der Waals surface area (Å²) in [5, 5.41) is 7.67. The average molecular weight is 324 g/mol. The number of aromatic nitrogens is 5. The Morgan fingerprint density at radius 1 is 1.38 bits per heavy atom. The standard InChI is InChI=1S/C14H18ClN5S/c1-4-9-12-14(19(3)18-9)20(11(8-15)17-12)10(5-2)13-16-6-7-21-13/h6-7,10H,4-5,8H2,1-3H3. The molecule has 0 spiro atoms. The maximum Gasteiger partial charge on any atom is 0.159 e. The van der Waals surface area contributed by atoms with Crippen LogP contribution in [0.3, 0.4) is 0 Å². The van der Waals surface area contributed by atoms with Gasteiger partial charge in [0, 0.05) is 18.6 Å². The molecule has 5 nitrogen and oxygen atoms in total. The summed E-state index contributed by atoms with van der Waals surface area (Å²) in [6.07, 6.45) is 3.65. The minimum atomic E-state index is 0.156. The molecule has 21 heavy (non-hydrogen) atoms. The van der Waals surface area contributed by atoms with Crippen LogP contribution in [-0.2, 0) is 19.3 Å². The molecule has 0 aliphatic heterocycles. The van der Waals surface area contributed by atoms with Crippen LogP contribution in [0, 0.1) is 0 Å². The summed E-state index contributed by atoms with van der Waals surface area (Å²) in [4.78, 5) is 9.21. The minimum absolute atomic E-state index is 0.156. The molecule has 0 fully saturated rings. The normalized spacial score (nSPS) is 13.1. The summed E-state index contributed by atoms with van der Waals surface area (Å²) >= 11 is 7.81. The second kappa shape index (κ2) is 5.77. The van der Waals surface area contributed by atoms with Crippen LogP contribution in [0.1, 0.15) is 42.8 Å². The molecule has 0 aliphatic rings. The third-order valence-corrected chi connectivity index (χ3v) is 4.81. The molecule has 0 aliphatic carbocycles. The van der Waals surface area contributed by atoms with Gasteiger partial charge in [-0.15, -0.1) is 22.9 Å². The average Bonchev–Trinajstić information content (AvgIpc) is 3.18. The van der Waals surface area contributed by atoms with Gasteiger partial charge in [0.25, 0.3) is 0 Å². The molecular weight excluding hydrogens is 306 g/mol. The van der Waals surface area contributed by atoms with Crippen LogP contribution in [-0.4, -0.2) is 24.3 Å². The number of hydrogen-bond donors (Lipinski definition) is 0. The lowest BCUT2D eigenvalue weighted by atomic mass is 10.2. The van der Waals surface area contributed by atoms with Gasteiger partial charge in [-0.05, 0) is 12.8 Å². The van der Waals surface area contributed by atoms with Crippen molar-refractivity contribution >= 4 is 34.1 Å². The Morgan fingerprint density at radius 3 is 2.76 bits per heavy atom. The molecule has 3 rings (SSSR count). The molecule has 0 aromatic carbocycles. The fourth-order valence-corrected chi connectivity index (χ4v) is 3.77. The Labute approximate surface area is 132 Å². The molecule has 0 radical (unpaired) electrons. The van der Waals surface area contributed by atoms with Gasteiger partial charge in [-0.2, -0.15) is 5.10 Å². The predicted octanol–water partition coefficient (Wildman–Crippen LogP) is 3.53. The first-order chi connectivity index (χ1) is 10.2. The second-order valence-corrected chi connectivity index (χ2v) is 6.12. The molecule has 3 heterocycles. The minimum Gasteiger partial charge on any atom is -0.302 e. The molecular formula is C14H18ClN5S. The van der Waals surface area contributed by atoms with Crippen molar-refractivity contribution in [3.8, 4) is 0 Å². The molecule has 0 amide bonds. The molecule has 0 N–H and O–H groups in total. The zero-order valence-electron chi connectivity index (χ0n) is 12.4. The van der Waals surface area contributed by atoms with Crippen LogP contribution >= 0.6 is 22.9 Å². The van der Waals surface area contributed by atoms with Crippen LogP contribution < -0.4 is 0 Å². The number of alkyl halides is 1. The fraction of sp³-hybridized carbons (Fsp3) is 0.500. The number of nitrogens with zero attached hydrogens (tertiary/aromatic N) is 5. The Bertz CT molecular complexity index is 743. The maximum absolute atomic E-state index is 6.14. The van der Waals surface area contributed by atoms with Crippen molar-refractivity contribution in [2.24, 2.45) is 7.05 Å². The Balaban J connectivity index is 2.27. The summed E-state index contributed by atoms with van der Waals surface area (Å²) in [6, 6.07) is 0.156. The van der Waals surface area contributed by atoms with Crippen molar-refractivity contribution in [2.75, 3.05) is 0 Å². The summed E-state index contributed by atoms with van der Waals surface area (Å²) in [6.45, 7) is 4.26. The van der Waals surface area contributed by atoms with Gasteiger partial charge in [0.2, 0.25) is 0 Å². The van der Waals surface area contributed by atoms with E-state index in [9.17, 15) is 0 Å². The smallest absolute Gasteiger partial charge is 0.159 e. The van der Waals surface area contributed by atoms with E-state index in [1.165, 1.54) is 0 Å². The highest BCUT2D eigenvalue weighted by atomic mass is 35.5. The highest BCUT2D eigenvalue weighted by Crippen LogP contribution is 2.31. The van der Waals surface area contributed by atoms with Crippen LogP contribution in [0.2, 0.25) is 0 Å². The maximum atomic E-state index is 6.14. The molecule has 0 bridgehead atoms. The van der Waals surface area contributed by atoms with Gasteiger partial charge in [0.15, 0.2) is 5.65 Å². The number of aryl methyl sites for hydroxylation is 2. The lowest BCUT2D eigenvalue weighted by molar-refractivity contribution is 0.546.